The van der Waals surface area contributed by atoms with Crippen LogP contribution in [0.4, 0.5) is 0 Å². The van der Waals surface area contributed by atoms with E-state index < -0.39 is 0 Å². The first-order valence-corrected chi connectivity index (χ1v) is 5.13. The van der Waals surface area contributed by atoms with E-state index >= 15 is 0 Å². The van der Waals surface area contributed by atoms with Gasteiger partial charge in [-0.25, -0.2) is 0 Å². The minimum absolute atomic E-state index is 0.148. The third-order valence-corrected chi connectivity index (χ3v) is 2.08. The van der Waals surface area contributed by atoms with Crippen molar-refractivity contribution >= 4 is 5.78 Å². The molecule has 0 radical (unpaired) electrons. The summed E-state index contributed by atoms with van der Waals surface area (Å²) in [6, 6.07) is 7.81. The molecule has 0 bridgehead atoms. The highest BCUT2D eigenvalue weighted by molar-refractivity contribution is 5.75. The van der Waals surface area contributed by atoms with Gasteiger partial charge in [-0.05, 0) is 37.6 Å². The Bertz CT molecular complexity index is 306. The zero-order valence-electron chi connectivity index (χ0n) is 9.03. The van der Waals surface area contributed by atoms with Crippen molar-refractivity contribution in [2.24, 2.45) is 5.73 Å². The van der Waals surface area contributed by atoms with Crippen LogP contribution < -0.4 is 10.5 Å². The standard InChI is InChI=1S/C12H17NO2/c1-10(14)7-9-15-12-4-2-11(3-5-12)6-8-13/h2-5H,6-9,13H2,1H3. The van der Waals surface area contributed by atoms with Crippen molar-refractivity contribution in [1.29, 1.82) is 0 Å². The number of carbonyl (C=O) groups excluding carboxylic acids is 1. The van der Waals surface area contributed by atoms with Crippen molar-refractivity contribution < 1.29 is 9.53 Å². The lowest BCUT2D eigenvalue weighted by atomic mass is 10.1. The van der Waals surface area contributed by atoms with Crippen molar-refractivity contribution in [2.75, 3.05) is 13.2 Å². The lowest BCUT2D eigenvalue weighted by Gasteiger charge is -2.05. The van der Waals surface area contributed by atoms with Gasteiger partial charge in [-0.2, -0.15) is 0 Å². The maximum Gasteiger partial charge on any atom is 0.133 e. The van der Waals surface area contributed by atoms with Crippen molar-refractivity contribution in [1.82, 2.24) is 0 Å². The van der Waals surface area contributed by atoms with Crippen molar-refractivity contribution in [3.63, 3.8) is 0 Å². The average molecular weight is 207 g/mol. The van der Waals surface area contributed by atoms with Crippen LogP contribution in [-0.4, -0.2) is 18.9 Å². The molecule has 1 rings (SSSR count). The largest absolute Gasteiger partial charge is 0.493 e. The van der Waals surface area contributed by atoms with Crippen molar-refractivity contribution in [2.45, 2.75) is 19.8 Å². The molecule has 1 aromatic carbocycles. The normalized spacial score (nSPS) is 10.0. The second-order valence-electron chi connectivity index (χ2n) is 3.48. The molecular formula is C12H17NO2. The lowest BCUT2D eigenvalue weighted by Crippen LogP contribution is -2.04. The summed E-state index contributed by atoms with van der Waals surface area (Å²) in [6.07, 6.45) is 1.35. The van der Waals surface area contributed by atoms with Gasteiger partial charge >= 0.3 is 0 Å². The van der Waals surface area contributed by atoms with E-state index in [-0.39, 0.29) is 5.78 Å². The number of ether oxygens (including phenoxy) is 1. The maximum atomic E-state index is 10.7. The summed E-state index contributed by atoms with van der Waals surface area (Å²) in [5.41, 5.74) is 6.65. The summed E-state index contributed by atoms with van der Waals surface area (Å²) in [5, 5.41) is 0. The van der Waals surface area contributed by atoms with E-state index in [0.717, 1.165) is 12.2 Å². The van der Waals surface area contributed by atoms with Crippen LogP contribution in [0.5, 0.6) is 5.75 Å². The lowest BCUT2D eigenvalue weighted by molar-refractivity contribution is -0.117. The molecule has 0 aliphatic rings. The minimum Gasteiger partial charge on any atom is -0.493 e. The number of carbonyl (C=O) groups is 1. The van der Waals surface area contributed by atoms with Gasteiger partial charge in [0.1, 0.15) is 11.5 Å². The Hall–Kier alpha value is -1.35. The van der Waals surface area contributed by atoms with Crippen LogP contribution in [-0.2, 0) is 11.2 Å². The summed E-state index contributed by atoms with van der Waals surface area (Å²) >= 11 is 0. The summed E-state index contributed by atoms with van der Waals surface area (Å²) in [6.45, 7) is 2.67. The van der Waals surface area contributed by atoms with Gasteiger partial charge in [-0.3, -0.25) is 4.79 Å². The van der Waals surface area contributed by atoms with E-state index in [4.69, 9.17) is 10.5 Å². The van der Waals surface area contributed by atoms with Gasteiger partial charge in [0.05, 0.1) is 6.61 Å². The molecule has 0 amide bonds. The second-order valence-corrected chi connectivity index (χ2v) is 3.48. The van der Waals surface area contributed by atoms with Crippen LogP contribution in [0.25, 0.3) is 0 Å². The second kappa shape index (κ2) is 6.19. The minimum atomic E-state index is 0.148. The highest BCUT2D eigenvalue weighted by Crippen LogP contribution is 2.12. The highest BCUT2D eigenvalue weighted by atomic mass is 16.5. The Morgan fingerprint density at radius 3 is 2.53 bits per heavy atom. The fraction of sp³-hybridized carbons (Fsp3) is 0.417. The summed E-state index contributed by atoms with van der Waals surface area (Å²) in [7, 11) is 0. The quantitative estimate of drug-likeness (QED) is 0.770. The molecule has 0 unspecified atom stereocenters. The molecule has 15 heavy (non-hydrogen) atoms. The predicted molar refractivity (Wildman–Crippen MR) is 60.0 cm³/mol. The third kappa shape index (κ3) is 4.61. The van der Waals surface area contributed by atoms with Crippen LogP contribution in [0, 0.1) is 0 Å². The Labute approximate surface area is 90.2 Å². The summed E-state index contributed by atoms with van der Waals surface area (Å²) in [4.78, 5) is 10.7. The molecule has 0 saturated heterocycles. The number of benzene rings is 1. The molecule has 1 aromatic rings. The van der Waals surface area contributed by atoms with Gasteiger partial charge in [0.2, 0.25) is 0 Å². The van der Waals surface area contributed by atoms with Gasteiger partial charge in [0.15, 0.2) is 0 Å². The summed E-state index contributed by atoms with van der Waals surface area (Å²) in [5.74, 6) is 0.951. The van der Waals surface area contributed by atoms with Crippen LogP contribution in [0.2, 0.25) is 0 Å². The van der Waals surface area contributed by atoms with E-state index in [2.05, 4.69) is 0 Å². The molecule has 0 spiro atoms. The Morgan fingerprint density at radius 1 is 1.33 bits per heavy atom. The Kier molecular flexibility index (Phi) is 4.84. The van der Waals surface area contributed by atoms with Crippen molar-refractivity contribution in [3.05, 3.63) is 29.8 Å². The first kappa shape index (κ1) is 11.7. The smallest absolute Gasteiger partial charge is 0.133 e. The number of hydrogen-bond donors (Lipinski definition) is 1. The highest BCUT2D eigenvalue weighted by Gasteiger charge is 1.97. The van der Waals surface area contributed by atoms with Crippen LogP contribution >= 0.6 is 0 Å². The number of rotatable bonds is 6. The van der Waals surface area contributed by atoms with Gasteiger partial charge in [-0.15, -0.1) is 0 Å². The van der Waals surface area contributed by atoms with Gasteiger partial charge in [-0.1, -0.05) is 12.1 Å². The number of nitrogens with two attached hydrogens (primary N) is 1. The topological polar surface area (TPSA) is 52.3 Å². The molecule has 0 heterocycles. The Morgan fingerprint density at radius 2 is 2.00 bits per heavy atom. The molecule has 82 valence electrons. The molecule has 3 nitrogen and oxygen atoms in total. The van der Waals surface area contributed by atoms with Crippen LogP contribution in [0.1, 0.15) is 18.9 Å². The molecule has 0 fully saturated rings. The number of ketones is 1. The van der Waals surface area contributed by atoms with E-state index in [1.165, 1.54) is 5.56 Å². The zero-order valence-corrected chi connectivity index (χ0v) is 9.03. The van der Waals surface area contributed by atoms with Crippen LogP contribution in [0.3, 0.4) is 0 Å². The molecule has 3 heteroatoms. The van der Waals surface area contributed by atoms with E-state index in [0.29, 0.717) is 19.6 Å². The molecule has 2 N–H and O–H groups in total. The van der Waals surface area contributed by atoms with E-state index in [1.807, 2.05) is 24.3 Å². The molecule has 0 saturated carbocycles. The predicted octanol–water partition coefficient (Wildman–Crippen LogP) is 1.55. The van der Waals surface area contributed by atoms with E-state index in [9.17, 15) is 4.79 Å². The van der Waals surface area contributed by atoms with Crippen LogP contribution in [0.15, 0.2) is 24.3 Å². The molecule has 0 aromatic heterocycles. The van der Waals surface area contributed by atoms with Gasteiger partial charge < -0.3 is 10.5 Å². The van der Waals surface area contributed by atoms with Gasteiger partial charge in [0, 0.05) is 6.42 Å². The fourth-order valence-electron chi connectivity index (χ4n) is 1.23. The van der Waals surface area contributed by atoms with Gasteiger partial charge in [0.25, 0.3) is 0 Å². The molecule has 0 atom stereocenters. The first-order valence-electron chi connectivity index (χ1n) is 5.13. The third-order valence-electron chi connectivity index (χ3n) is 2.08. The van der Waals surface area contributed by atoms with Crippen molar-refractivity contribution in [3.8, 4) is 5.75 Å². The monoisotopic (exact) mass is 207 g/mol. The maximum absolute atomic E-state index is 10.7. The molecule has 0 aliphatic carbocycles. The zero-order chi connectivity index (χ0) is 11.1. The summed E-state index contributed by atoms with van der Waals surface area (Å²) < 4.78 is 5.40. The SMILES string of the molecule is CC(=O)CCOc1ccc(CCN)cc1. The number of hydrogen-bond acceptors (Lipinski definition) is 3. The fourth-order valence-corrected chi connectivity index (χ4v) is 1.23. The average Bonchev–Trinajstić information content (AvgIpc) is 2.20. The first-order chi connectivity index (χ1) is 7.22. The molecule has 0 aliphatic heterocycles. The van der Waals surface area contributed by atoms with E-state index in [1.54, 1.807) is 6.92 Å². The Balaban J connectivity index is 2.39. The molecular weight excluding hydrogens is 190 g/mol. The number of Topliss-reactive ketones (excluding diaryl/α,β-unsaturated/α-hetero) is 1.